The molecule has 0 aliphatic heterocycles. The molecule has 0 bridgehead atoms. The molecule has 0 saturated carbocycles. The molecule has 1 heterocycles. The lowest BCUT2D eigenvalue weighted by molar-refractivity contribution is 0.304. The van der Waals surface area contributed by atoms with Gasteiger partial charge in [-0.05, 0) is 52.2 Å². The van der Waals surface area contributed by atoms with Crippen molar-refractivity contribution in [2.45, 2.75) is 33.1 Å². The van der Waals surface area contributed by atoms with E-state index >= 15 is 0 Å². The summed E-state index contributed by atoms with van der Waals surface area (Å²) in [5, 5.41) is 2.13. The summed E-state index contributed by atoms with van der Waals surface area (Å²) in [6.07, 6.45) is 3.50. The Morgan fingerprint density at radius 1 is 1.57 bits per heavy atom. The number of rotatable bonds is 5. The van der Waals surface area contributed by atoms with Gasteiger partial charge in [0.15, 0.2) is 0 Å². The van der Waals surface area contributed by atoms with E-state index in [1.807, 2.05) is 11.3 Å². The van der Waals surface area contributed by atoms with Crippen molar-refractivity contribution in [1.82, 2.24) is 0 Å². The van der Waals surface area contributed by atoms with Gasteiger partial charge in [-0.25, -0.2) is 0 Å². The van der Waals surface area contributed by atoms with Crippen LogP contribution >= 0.6 is 27.3 Å². The summed E-state index contributed by atoms with van der Waals surface area (Å²) in [6, 6.07) is 2.11. The topological polar surface area (TPSA) is 26.0 Å². The fraction of sp³-hybridized carbons (Fsp3) is 0.636. The summed E-state index contributed by atoms with van der Waals surface area (Å²) in [6.45, 7) is 5.27. The van der Waals surface area contributed by atoms with Crippen LogP contribution in [0.4, 0.5) is 0 Å². The molecule has 14 heavy (non-hydrogen) atoms. The Morgan fingerprint density at radius 3 is 2.71 bits per heavy atom. The molecular weight excluding hydrogens is 258 g/mol. The van der Waals surface area contributed by atoms with Gasteiger partial charge in [-0.1, -0.05) is 20.3 Å². The van der Waals surface area contributed by atoms with Gasteiger partial charge < -0.3 is 5.73 Å². The van der Waals surface area contributed by atoms with E-state index in [1.54, 1.807) is 0 Å². The molecule has 0 radical (unpaired) electrons. The predicted octanol–water partition coefficient (Wildman–Crippen LogP) is 3.82. The molecule has 0 aromatic carbocycles. The van der Waals surface area contributed by atoms with Gasteiger partial charge in [0.05, 0.1) is 0 Å². The minimum absolute atomic E-state index is 0.266. The summed E-state index contributed by atoms with van der Waals surface area (Å²) >= 11 is 5.38. The highest BCUT2D eigenvalue weighted by molar-refractivity contribution is 9.10. The van der Waals surface area contributed by atoms with Crippen LogP contribution in [-0.2, 0) is 6.42 Å². The van der Waals surface area contributed by atoms with Crippen molar-refractivity contribution in [3.8, 4) is 0 Å². The first kappa shape index (κ1) is 12.2. The second-order valence-corrected chi connectivity index (χ2v) is 5.99. The fourth-order valence-corrected chi connectivity index (χ4v) is 3.41. The monoisotopic (exact) mass is 275 g/mol. The third-order valence-corrected chi connectivity index (χ3v) is 4.55. The fourth-order valence-electron chi connectivity index (χ4n) is 1.71. The molecule has 80 valence electrons. The molecule has 1 aromatic heterocycles. The van der Waals surface area contributed by atoms with Crippen LogP contribution in [0.5, 0.6) is 0 Å². The lowest BCUT2D eigenvalue weighted by Gasteiger charge is -2.27. The van der Waals surface area contributed by atoms with Crippen LogP contribution in [0.1, 0.15) is 31.6 Å². The van der Waals surface area contributed by atoms with Gasteiger partial charge in [-0.15, -0.1) is 11.3 Å². The Balaban J connectivity index is 2.69. The standard InChI is InChI=1S/C11H18BrNS/c1-3-5-11(2,8-13)7-10-9(12)4-6-14-10/h4,6H,3,5,7-8,13H2,1-2H3. The van der Waals surface area contributed by atoms with Gasteiger partial charge in [0.1, 0.15) is 0 Å². The number of hydrogen-bond acceptors (Lipinski definition) is 2. The van der Waals surface area contributed by atoms with Crippen molar-refractivity contribution in [3.05, 3.63) is 20.8 Å². The molecule has 1 atom stereocenters. The predicted molar refractivity (Wildman–Crippen MR) is 67.8 cm³/mol. The van der Waals surface area contributed by atoms with Crippen molar-refractivity contribution in [2.75, 3.05) is 6.54 Å². The van der Waals surface area contributed by atoms with Crippen LogP contribution in [0.3, 0.4) is 0 Å². The van der Waals surface area contributed by atoms with E-state index in [0.29, 0.717) is 0 Å². The maximum absolute atomic E-state index is 5.85. The van der Waals surface area contributed by atoms with Crippen molar-refractivity contribution in [1.29, 1.82) is 0 Å². The van der Waals surface area contributed by atoms with Gasteiger partial charge in [0.25, 0.3) is 0 Å². The molecule has 0 fully saturated rings. The van der Waals surface area contributed by atoms with Gasteiger partial charge in [0, 0.05) is 9.35 Å². The Hall–Kier alpha value is 0.140. The van der Waals surface area contributed by atoms with Crippen LogP contribution in [0.15, 0.2) is 15.9 Å². The quantitative estimate of drug-likeness (QED) is 0.869. The van der Waals surface area contributed by atoms with E-state index in [2.05, 4.69) is 41.2 Å². The zero-order valence-corrected chi connectivity index (χ0v) is 11.2. The molecule has 0 aliphatic rings. The van der Waals surface area contributed by atoms with Gasteiger partial charge in [-0.3, -0.25) is 0 Å². The summed E-state index contributed by atoms with van der Waals surface area (Å²) in [4.78, 5) is 1.42. The third kappa shape index (κ3) is 3.07. The van der Waals surface area contributed by atoms with Crippen molar-refractivity contribution >= 4 is 27.3 Å². The highest BCUT2D eigenvalue weighted by atomic mass is 79.9. The van der Waals surface area contributed by atoms with Crippen LogP contribution in [-0.4, -0.2) is 6.54 Å². The number of hydrogen-bond donors (Lipinski definition) is 1. The minimum atomic E-state index is 0.266. The number of halogens is 1. The van der Waals surface area contributed by atoms with Crippen molar-refractivity contribution in [3.63, 3.8) is 0 Å². The zero-order valence-electron chi connectivity index (χ0n) is 8.85. The highest BCUT2D eigenvalue weighted by Gasteiger charge is 2.23. The Bertz CT molecular complexity index is 285. The first-order chi connectivity index (χ1) is 6.61. The molecule has 1 unspecified atom stereocenters. The van der Waals surface area contributed by atoms with Crippen LogP contribution in [0.25, 0.3) is 0 Å². The first-order valence-electron chi connectivity index (χ1n) is 5.03. The first-order valence-corrected chi connectivity index (χ1v) is 6.70. The summed E-state index contributed by atoms with van der Waals surface area (Å²) in [5.41, 5.74) is 6.12. The van der Waals surface area contributed by atoms with E-state index in [4.69, 9.17) is 5.73 Å². The van der Waals surface area contributed by atoms with Gasteiger partial charge in [-0.2, -0.15) is 0 Å². The molecule has 0 spiro atoms. The lowest BCUT2D eigenvalue weighted by Crippen LogP contribution is -2.29. The highest BCUT2D eigenvalue weighted by Crippen LogP contribution is 2.33. The van der Waals surface area contributed by atoms with Gasteiger partial charge in [0.2, 0.25) is 0 Å². The number of thiophene rings is 1. The lowest BCUT2D eigenvalue weighted by atomic mass is 9.82. The molecule has 1 nitrogen and oxygen atoms in total. The summed E-state index contributed by atoms with van der Waals surface area (Å²) in [7, 11) is 0. The van der Waals surface area contributed by atoms with Crippen molar-refractivity contribution < 1.29 is 0 Å². The zero-order chi connectivity index (χ0) is 10.6. The second-order valence-electron chi connectivity index (χ2n) is 4.13. The van der Waals surface area contributed by atoms with E-state index in [9.17, 15) is 0 Å². The average molecular weight is 276 g/mol. The molecule has 1 aromatic rings. The van der Waals surface area contributed by atoms with Crippen LogP contribution in [0.2, 0.25) is 0 Å². The Labute approximate surface area is 98.8 Å². The summed E-state index contributed by atoms with van der Waals surface area (Å²) in [5.74, 6) is 0. The molecule has 0 amide bonds. The molecule has 1 rings (SSSR count). The Morgan fingerprint density at radius 2 is 2.29 bits per heavy atom. The van der Waals surface area contributed by atoms with Crippen molar-refractivity contribution in [2.24, 2.45) is 11.1 Å². The SMILES string of the molecule is CCCC(C)(CN)Cc1sccc1Br. The second kappa shape index (κ2) is 5.29. The Kier molecular flexibility index (Phi) is 4.61. The molecule has 3 heteroatoms. The van der Waals surface area contributed by atoms with Gasteiger partial charge >= 0.3 is 0 Å². The molecular formula is C11H18BrNS. The molecule has 0 saturated heterocycles. The van der Waals surface area contributed by atoms with Crippen LogP contribution < -0.4 is 5.73 Å². The maximum atomic E-state index is 5.85. The summed E-state index contributed by atoms with van der Waals surface area (Å²) < 4.78 is 1.23. The molecule has 2 N–H and O–H groups in total. The van der Waals surface area contributed by atoms with E-state index < -0.39 is 0 Å². The maximum Gasteiger partial charge on any atom is 0.0314 e. The minimum Gasteiger partial charge on any atom is -0.330 e. The number of nitrogens with two attached hydrogens (primary N) is 1. The van der Waals surface area contributed by atoms with E-state index in [-0.39, 0.29) is 5.41 Å². The molecule has 0 aliphatic carbocycles. The van der Waals surface area contributed by atoms with E-state index in [1.165, 1.54) is 22.2 Å². The van der Waals surface area contributed by atoms with E-state index in [0.717, 1.165) is 13.0 Å². The van der Waals surface area contributed by atoms with Crippen LogP contribution in [0, 0.1) is 5.41 Å². The average Bonchev–Trinajstić information content (AvgIpc) is 2.52. The largest absolute Gasteiger partial charge is 0.330 e. The normalized spacial score (nSPS) is 15.4. The third-order valence-electron chi connectivity index (χ3n) is 2.62. The smallest absolute Gasteiger partial charge is 0.0314 e.